The molecular weight excluding hydrogens is 451 g/mol. The molecule has 0 spiro atoms. The molecule has 1 N–H and O–H groups in total. The normalized spacial score (nSPS) is 11.4. The van der Waals surface area contributed by atoms with Crippen molar-refractivity contribution in [1.29, 1.82) is 0 Å². The van der Waals surface area contributed by atoms with Crippen molar-refractivity contribution in [3.63, 3.8) is 0 Å². The molecule has 0 amide bonds. The summed E-state index contributed by atoms with van der Waals surface area (Å²) in [4.78, 5) is 11.7. The maximum atomic E-state index is 14.8. The third-order valence-corrected chi connectivity index (χ3v) is 5.32. The average molecular weight is 473 g/mol. The van der Waals surface area contributed by atoms with Gasteiger partial charge in [0.1, 0.15) is 17.3 Å². The van der Waals surface area contributed by atoms with E-state index in [1.807, 2.05) is 0 Å². The first-order valence-corrected chi connectivity index (χ1v) is 10.7. The highest BCUT2D eigenvalue weighted by molar-refractivity contribution is 6.13. The quantitative estimate of drug-likeness (QED) is 0.331. The number of halogens is 3. The molecule has 0 aliphatic heterocycles. The Bertz CT molecular complexity index is 1370. The first kappa shape index (κ1) is 23.3. The molecule has 0 unspecified atom stereocenters. The first-order valence-electron chi connectivity index (χ1n) is 10.7. The van der Waals surface area contributed by atoms with Crippen molar-refractivity contribution in [2.24, 2.45) is 0 Å². The Morgan fingerprint density at radius 3 is 2.35 bits per heavy atom. The number of benzene rings is 3. The molecular formula is C25H22F3NO5. The summed E-state index contributed by atoms with van der Waals surface area (Å²) < 4.78 is 58.1. The van der Waals surface area contributed by atoms with Gasteiger partial charge in [-0.15, -0.1) is 0 Å². The number of hydrogen-bond donors (Lipinski definition) is 1. The Morgan fingerprint density at radius 2 is 1.74 bits per heavy atom. The van der Waals surface area contributed by atoms with Crippen LogP contribution in [-0.2, 0) is 16.0 Å². The molecule has 0 aliphatic rings. The van der Waals surface area contributed by atoms with Gasteiger partial charge < -0.3 is 19.3 Å². The van der Waals surface area contributed by atoms with Gasteiger partial charge in [-0.2, -0.15) is 8.78 Å². The molecule has 0 aliphatic carbocycles. The summed E-state index contributed by atoms with van der Waals surface area (Å²) in [6.45, 7) is 0.771. The molecule has 9 heteroatoms. The molecule has 1 heterocycles. The van der Waals surface area contributed by atoms with Crippen LogP contribution in [-0.4, -0.2) is 35.5 Å². The van der Waals surface area contributed by atoms with Crippen LogP contribution in [0.15, 0.2) is 48.7 Å². The number of esters is 1. The number of fused-ring (bicyclic) bond motifs is 2. The zero-order valence-electron chi connectivity index (χ0n) is 18.5. The van der Waals surface area contributed by atoms with E-state index < -0.39 is 24.3 Å². The van der Waals surface area contributed by atoms with Crippen LogP contribution in [0.5, 0.6) is 17.4 Å². The Hall–Kier alpha value is -3.88. The van der Waals surface area contributed by atoms with Gasteiger partial charge in [0.15, 0.2) is 0 Å². The summed E-state index contributed by atoms with van der Waals surface area (Å²) in [5.41, 5.74) is 0.342. The highest BCUT2D eigenvalue weighted by atomic mass is 19.3. The monoisotopic (exact) mass is 473 g/mol. The van der Waals surface area contributed by atoms with Gasteiger partial charge in [0.25, 0.3) is 0 Å². The van der Waals surface area contributed by atoms with Crippen LogP contribution in [0.4, 0.5) is 13.2 Å². The predicted octanol–water partition coefficient (Wildman–Crippen LogP) is 5.73. The maximum absolute atomic E-state index is 14.8. The zero-order chi connectivity index (χ0) is 24.4. The number of carbonyl (C=O) groups is 1. The number of rotatable bonds is 8. The molecule has 178 valence electrons. The van der Waals surface area contributed by atoms with E-state index in [0.29, 0.717) is 21.9 Å². The maximum Gasteiger partial charge on any atom is 0.387 e. The number of ether oxygens (including phenoxy) is 3. The van der Waals surface area contributed by atoms with Gasteiger partial charge in [0, 0.05) is 17.0 Å². The minimum absolute atomic E-state index is 0.0125. The van der Waals surface area contributed by atoms with Crippen LogP contribution in [0, 0.1) is 5.82 Å². The average Bonchev–Trinajstić information content (AvgIpc) is 3.14. The smallest absolute Gasteiger partial charge is 0.387 e. The van der Waals surface area contributed by atoms with Gasteiger partial charge in [0.2, 0.25) is 5.88 Å². The fraction of sp³-hybridized carbons (Fsp3) is 0.240. The highest BCUT2D eigenvalue weighted by Crippen LogP contribution is 2.48. The van der Waals surface area contributed by atoms with Crippen LogP contribution in [0.3, 0.4) is 0 Å². The highest BCUT2D eigenvalue weighted by Gasteiger charge is 2.25. The lowest BCUT2D eigenvalue weighted by Crippen LogP contribution is -2.09. The van der Waals surface area contributed by atoms with E-state index in [0.717, 1.165) is 6.07 Å². The van der Waals surface area contributed by atoms with E-state index in [-0.39, 0.29) is 42.0 Å². The number of hydrogen-bond acceptors (Lipinski definition) is 5. The van der Waals surface area contributed by atoms with Crippen LogP contribution >= 0.6 is 0 Å². The molecule has 0 fully saturated rings. The van der Waals surface area contributed by atoms with Gasteiger partial charge in [0.05, 0.1) is 36.1 Å². The Morgan fingerprint density at radius 1 is 1.03 bits per heavy atom. The fourth-order valence-corrected chi connectivity index (χ4v) is 3.96. The molecule has 0 radical (unpaired) electrons. The van der Waals surface area contributed by atoms with Crippen molar-refractivity contribution in [1.82, 2.24) is 4.57 Å². The van der Waals surface area contributed by atoms with Crippen LogP contribution in [0.25, 0.3) is 27.2 Å². The van der Waals surface area contributed by atoms with E-state index >= 15 is 0 Å². The fourth-order valence-electron chi connectivity index (χ4n) is 3.96. The summed E-state index contributed by atoms with van der Waals surface area (Å²) in [6, 6.07) is 10.7. The van der Waals surface area contributed by atoms with Crippen molar-refractivity contribution in [2.75, 3.05) is 13.2 Å². The van der Waals surface area contributed by atoms with Gasteiger partial charge in [-0.05, 0) is 31.5 Å². The van der Waals surface area contributed by atoms with Crippen molar-refractivity contribution < 1.29 is 37.3 Å². The largest absolute Gasteiger partial charge is 0.494 e. The van der Waals surface area contributed by atoms with Crippen LogP contribution in [0.2, 0.25) is 0 Å². The van der Waals surface area contributed by atoms with E-state index in [1.165, 1.54) is 22.9 Å². The van der Waals surface area contributed by atoms with Crippen molar-refractivity contribution in [2.45, 2.75) is 26.9 Å². The molecule has 1 aromatic heterocycles. The minimum Gasteiger partial charge on any atom is -0.494 e. The summed E-state index contributed by atoms with van der Waals surface area (Å²) in [6.07, 6.45) is 1.23. The third kappa shape index (κ3) is 4.21. The molecule has 6 nitrogen and oxygen atoms in total. The van der Waals surface area contributed by atoms with Gasteiger partial charge in [-0.1, -0.05) is 30.3 Å². The lowest BCUT2D eigenvalue weighted by atomic mass is 10.0. The second-order valence-corrected chi connectivity index (χ2v) is 7.38. The standard InChI is InChI=1S/C25H22F3NO5/c1-3-32-20(30)11-14-9-10-15(12-19(14)26)29-13-18-21(24(29)31)23(34-25(27)28)17-8-6-5-7-16(17)22(18)33-4-2/h5-10,12-13,25,31H,3-4,11H2,1-2H3. The van der Waals surface area contributed by atoms with E-state index in [9.17, 15) is 23.1 Å². The molecule has 4 aromatic rings. The third-order valence-electron chi connectivity index (χ3n) is 5.32. The lowest BCUT2D eigenvalue weighted by molar-refractivity contribution is -0.142. The molecule has 4 rings (SSSR count). The molecule has 34 heavy (non-hydrogen) atoms. The predicted molar refractivity (Wildman–Crippen MR) is 121 cm³/mol. The van der Waals surface area contributed by atoms with Crippen molar-refractivity contribution in [3.8, 4) is 23.1 Å². The summed E-state index contributed by atoms with van der Waals surface area (Å²) >= 11 is 0. The molecule has 0 saturated heterocycles. The number of nitrogens with zero attached hydrogens (tertiary/aromatic N) is 1. The Labute approximate surface area is 193 Å². The second kappa shape index (κ2) is 9.54. The zero-order valence-corrected chi connectivity index (χ0v) is 18.5. The summed E-state index contributed by atoms with van der Waals surface area (Å²) in [7, 11) is 0. The number of carbonyl (C=O) groups excluding carboxylic acids is 1. The Balaban J connectivity index is 1.93. The minimum atomic E-state index is -3.13. The molecule has 3 aromatic carbocycles. The van der Waals surface area contributed by atoms with Gasteiger partial charge in [-0.3, -0.25) is 9.36 Å². The van der Waals surface area contributed by atoms with E-state index in [2.05, 4.69) is 0 Å². The van der Waals surface area contributed by atoms with Crippen LogP contribution in [0.1, 0.15) is 19.4 Å². The topological polar surface area (TPSA) is 69.9 Å². The van der Waals surface area contributed by atoms with Gasteiger partial charge >= 0.3 is 12.6 Å². The van der Waals surface area contributed by atoms with Gasteiger partial charge in [-0.25, -0.2) is 4.39 Å². The van der Waals surface area contributed by atoms with Crippen LogP contribution < -0.4 is 9.47 Å². The first-order chi connectivity index (χ1) is 16.3. The number of alkyl halides is 2. The van der Waals surface area contributed by atoms with Crippen molar-refractivity contribution >= 4 is 27.5 Å². The molecule has 0 saturated carbocycles. The Kier molecular flexibility index (Phi) is 6.54. The lowest BCUT2D eigenvalue weighted by Gasteiger charge is -2.14. The SMILES string of the molecule is CCOC(=O)Cc1ccc(-n2cc3c(OCC)c4ccccc4c(OC(F)F)c3c2O)cc1F. The van der Waals surface area contributed by atoms with E-state index in [4.69, 9.17) is 14.2 Å². The second-order valence-electron chi connectivity index (χ2n) is 7.38. The number of aromatic nitrogens is 1. The molecule has 0 atom stereocenters. The summed E-state index contributed by atoms with van der Waals surface area (Å²) in [5.74, 6) is -1.50. The van der Waals surface area contributed by atoms with Crippen molar-refractivity contribution in [3.05, 3.63) is 60.0 Å². The van der Waals surface area contributed by atoms with E-state index in [1.54, 1.807) is 38.1 Å². The number of aromatic hydroxyl groups is 1. The summed E-state index contributed by atoms with van der Waals surface area (Å²) in [5, 5.41) is 12.3. The molecule has 0 bridgehead atoms.